The zero-order valence-electron chi connectivity index (χ0n) is 10.3. The zero-order valence-corrected chi connectivity index (χ0v) is 12.0. The molecule has 0 unspecified atom stereocenters. The number of hydrogen-bond donors (Lipinski definition) is 0. The Kier molecular flexibility index (Phi) is 4.74. The van der Waals surface area contributed by atoms with Crippen molar-refractivity contribution in [2.75, 3.05) is 0 Å². The quantitative estimate of drug-likeness (QED) is 0.546. The Hall–Kier alpha value is -1.17. The summed E-state index contributed by atoms with van der Waals surface area (Å²) in [7, 11) is 0. The Bertz CT molecular complexity index is 532. The van der Waals surface area contributed by atoms with Crippen molar-refractivity contribution < 1.29 is 13.2 Å². The third-order valence-electron chi connectivity index (χ3n) is 2.83. The molecule has 2 rings (SSSR count). The van der Waals surface area contributed by atoms with Crippen molar-refractivity contribution in [3.8, 4) is 10.7 Å². The fraction of sp³-hybridized carbons (Fsp3) is 0.333. The molecule has 1 aliphatic carbocycles. The van der Waals surface area contributed by atoms with Gasteiger partial charge in [0.15, 0.2) is 0 Å². The number of allylic oxidation sites excluding steroid dienone is 2. The molecule has 0 N–H and O–H groups in total. The van der Waals surface area contributed by atoms with Crippen LogP contribution in [0.4, 0.5) is 13.2 Å². The molecule has 0 amide bonds. The van der Waals surface area contributed by atoms with E-state index >= 15 is 0 Å². The van der Waals surface area contributed by atoms with Crippen LogP contribution in [0.15, 0.2) is 35.9 Å². The molecule has 0 fully saturated rings. The summed E-state index contributed by atoms with van der Waals surface area (Å²) in [4.78, 5) is 3.03. The molecule has 0 atom stereocenters. The van der Waals surface area contributed by atoms with Crippen molar-refractivity contribution in [1.82, 2.24) is 0 Å². The van der Waals surface area contributed by atoms with Crippen molar-refractivity contribution in [2.45, 2.75) is 31.9 Å². The van der Waals surface area contributed by atoms with Crippen LogP contribution in [-0.2, 0) is 6.18 Å². The van der Waals surface area contributed by atoms with Crippen LogP contribution >= 0.6 is 0 Å². The van der Waals surface area contributed by atoms with Crippen molar-refractivity contribution in [3.05, 3.63) is 41.5 Å². The van der Waals surface area contributed by atoms with Gasteiger partial charge in [0.25, 0.3) is 0 Å². The monoisotopic (exact) mass is 330 g/mol. The molecule has 0 saturated carbocycles. The van der Waals surface area contributed by atoms with Crippen LogP contribution in [0.5, 0.6) is 0 Å². The first-order valence-electron chi connectivity index (χ1n) is 6.10. The molecule has 0 spiro atoms. The van der Waals surface area contributed by atoms with Gasteiger partial charge in [0.2, 0.25) is 0 Å². The van der Waals surface area contributed by atoms with E-state index in [2.05, 4.69) is 16.8 Å². The van der Waals surface area contributed by atoms with Crippen LogP contribution < -0.4 is 4.46 Å². The normalized spacial score (nSPS) is 15.4. The van der Waals surface area contributed by atoms with Gasteiger partial charge in [-0.25, -0.2) is 0 Å². The van der Waals surface area contributed by atoms with Gasteiger partial charge in [-0.1, -0.05) is 0 Å². The Morgan fingerprint density at radius 1 is 1.16 bits per heavy atom. The molecule has 100 valence electrons. The first-order chi connectivity index (χ1) is 9.05. The number of rotatable bonds is 1. The Morgan fingerprint density at radius 2 is 2.00 bits per heavy atom. The van der Waals surface area contributed by atoms with Crippen LogP contribution in [0, 0.1) is 10.7 Å². The minimum atomic E-state index is -4.27. The molecule has 0 bridgehead atoms. The van der Waals surface area contributed by atoms with Gasteiger partial charge in [-0.3, -0.25) is 0 Å². The predicted octanol–water partition coefficient (Wildman–Crippen LogP) is 3.50. The van der Waals surface area contributed by atoms with Gasteiger partial charge in [-0.2, -0.15) is 0 Å². The maximum atomic E-state index is 12.5. The number of alkyl halides is 3. The van der Waals surface area contributed by atoms with E-state index in [1.54, 1.807) is 6.07 Å². The van der Waals surface area contributed by atoms with Gasteiger partial charge in [-0.05, 0) is 0 Å². The van der Waals surface area contributed by atoms with Crippen LogP contribution in [0.2, 0.25) is 0 Å². The topological polar surface area (TPSA) is 0 Å². The van der Waals surface area contributed by atoms with Crippen LogP contribution in [0.25, 0.3) is 0 Å². The fourth-order valence-corrected chi connectivity index (χ4v) is 3.16. The van der Waals surface area contributed by atoms with E-state index in [-0.39, 0.29) is 15.0 Å². The van der Waals surface area contributed by atoms with Gasteiger partial charge in [0.1, 0.15) is 0 Å². The molecule has 0 saturated heterocycles. The first-order valence-corrected chi connectivity index (χ1v) is 7.81. The summed E-state index contributed by atoms with van der Waals surface area (Å²) < 4.78 is 38.3. The molecule has 1 aromatic carbocycles. The van der Waals surface area contributed by atoms with E-state index in [0.717, 1.165) is 30.9 Å². The molecular formula is C15H13F3Se. The third-order valence-corrected chi connectivity index (χ3v) is 4.29. The zero-order chi connectivity index (χ0) is 13.7. The van der Waals surface area contributed by atoms with E-state index in [1.807, 2.05) is 0 Å². The van der Waals surface area contributed by atoms with E-state index in [9.17, 15) is 13.2 Å². The molecule has 4 heteroatoms. The minimum absolute atomic E-state index is 0.223. The molecule has 0 heterocycles. The summed E-state index contributed by atoms with van der Waals surface area (Å²) in [6, 6.07) is 5.45. The summed E-state index contributed by atoms with van der Waals surface area (Å²) in [5, 5.41) is 0. The fourth-order valence-electron chi connectivity index (χ4n) is 1.84. The van der Waals surface area contributed by atoms with Crippen LogP contribution in [0.1, 0.15) is 31.2 Å². The molecule has 1 aromatic rings. The van der Waals surface area contributed by atoms with Crippen molar-refractivity contribution in [1.29, 1.82) is 0 Å². The van der Waals surface area contributed by atoms with E-state index in [0.29, 0.717) is 4.46 Å². The Balaban J connectivity index is 2.04. The van der Waals surface area contributed by atoms with Gasteiger partial charge >= 0.3 is 117 Å². The second-order valence-corrected chi connectivity index (χ2v) is 6.18. The van der Waals surface area contributed by atoms with Crippen LogP contribution in [-0.4, -0.2) is 15.0 Å². The van der Waals surface area contributed by atoms with Gasteiger partial charge in [0.05, 0.1) is 0 Å². The first kappa shape index (κ1) is 14.2. The number of hydrogen-bond acceptors (Lipinski definition) is 0. The number of halogens is 3. The van der Waals surface area contributed by atoms with Crippen molar-refractivity contribution in [3.63, 3.8) is 0 Å². The van der Waals surface area contributed by atoms with Gasteiger partial charge < -0.3 is 0 Å². The van der Waals surface area contributed by atoms with Crippen molar-refractivity contribution in [2.24, 2.45) is 0 Å². The molecule has 0 nitrogen and oxygen atoms in total. The van der Waals surface area contributed by atoms with E-state index in [1.165, 1.54) is 18.6 Å². The van der Waals surface area contributed by atoms with Gasteiger partial charge in [-0.15, -0.1) is 0 Å². The molecule has 19 heavy (non-hydrogen) atoms. The summed E-state index contributed by atoms with van der Waals surface area (Å²) in [5.41, 5.74) is 0.547. The second kappa shape index (κ2) is 6.32. The third kappa shape index (κ3) is 4.45. The molecule has 1 aliphatic rings. The summed E-state index contributed by atoms with van der Waals surface area (Å²) in [5.74, 6) is 3.09. The Morgan fingerprint density at radius 3 is 2.68 bits per heavy atom. The maximum absolute atomic E-state index is 12.5. The average molecular weight is 329 g/mol. The molecule has 0 aromatic heterocycles. The average Bonchev–Trinajstić information content (AvgIpc) is 2.39. The summed E-state index contributed by atoms with van der Waals surface area (Å²) in [6.07, 6.45) is 2.32. The van der Waals surface area contributed by atoms with E-state index in [4.69, 9.17) is 0 Å². The second-order valence-electron chi connectivity index (χ2n) is 4.33. The van der Waals surface area contributed by atoms with Crippen LogP contribution in [0.3, 0.4) is 0 Å². The SMILES string of the molecule is FC(F)(F)c1cccc([Se]C#CC2=CCCCC2)c1. The predicted molar refractivity (Wildman–Crippen MR) is 71.2 cm³/mol. The summed E-state index contributed by atoms with van der Waals surface area (Å²) >= 11 is -0.223. The molecular weight excluding hydrogens is 316 g/mol. The summed E-state index contributed by atoms with van der Waals surface area (Å²) in [6.45, 7) is 0. The standard InChI is InChI=1S/C15H13F3Se/c16-15(17,18)13-7-4-8-14(11-13)19-10-9-12-5-2-1-3-6-12/h4-5,7-8,11H,1-3,6H2. The molecule has 0 radical (unpaired) electrons. The van der Waals surface area contributed by atoms with Gasteiger partial charge in [0, 0.05) is 0 Å². The van der Waals surface area contributed by atoms with Crippen molar-refractivity contribution >= 4 is 19.4 Å². The van der Waals surface area contributed by atoms with E-state index < -0.39 is 11.7 Å². The Labute approximate surface area is 117 Å². The molecule has 0 aliphatic heterocycles. The number of benzene rings is 1.